The molecule has 0 aliphatic carbocycles. The smallest absolute Gasteiger partial charge is 0.262 e. The first-order valence-electron chi connectivity index (χ1n) is 8.81. The lowest BCUT2D eigenvalue weighted by Crippen LogP contribution is -2.43. The quantitative estimate of drug-likeness (QED) is 0.583. The number of benzene rings is 2. The van der Waals surface area contributed by atoms with E-state index < -0.39 is 11.8 Å². The molecule has 3 rings (SSSR count). The largest absolute Gasteiger partial charge is 0.311 e. The second-order valence-corrected chi connectivity index (χ2v) is 6.79. The molecule has 1 aliphatic heterocycles. The predicted molar refractivity (Wildman–Crippen MR) is 105 cm³/mol. The minimum Gasteiger partial charge on any atom is -0.311 e. The lowest BCUT2D eigenvalue weighted by Gasteiger charge is -2.26. The Labute approximate surface area is 163 Å². The molecule has 0 fully saturated rings. The van der Waals surface area contributed by atoms with Crippen LogP contribution in [-0.4, -0.2) is 35.7 Å². The number of fused-ring (bicyclic) bond motifs is 1. The Morgan fingerprint density at radius 3 is 2.15 bits per heavy atom. The van der Waals surface area contributed by atoms with Crippen LogP contribution in [0.15, 0.2) is 36.4 Å². The number of hydrogen-bond acceptors (Lipinski definition) is 3. The first kappa shape index (κ1) is 19.1. The van der Waals surface area contributed by atoms with E-state index in [-0.39, 0.29) is 12.5 Å². The van der Waals surface area contributed by atoms with E-state index in [0.29, 0.717) is 23.6 Å². The minimum atomic E-state index is -0.429. The second-order valence-electron chi connectivity index (χ2n) is 6.52. The first-order chi connectivity index (χ1) is 12.9. The topological polar surface area (TPSA) is 57.7 Å². The zero-order valence-electron chi connectivity index (χ0n) is 15.6. The van der Waals surface area contributed by atoms with Crippen molar-refractivity contribution < 1.29 is 14.4 Å². The number of carbonyl (C=O) groups is 3. The van der Waals surface area contributed by atoms with Gasteiger partial charge in [-0.2, -0.15) is 0 Å². The molecular weight excluding hydrogens is 364 g/mol. The van der Waals surface area contributed by atoms with E-state index in [9.17, 15) is 14.4 Å². The molecule has 2 aromatic rings. The molecule has 0 unspecified atom stereocenters. The van der Waals surface area contributed by atoms with E-state index in [2.05, 4.69) is 0 Å². The minimum absolute atomic E-state index is 0.288. The van der Waals surface area contributed by atoms with E-state index in [1.807, 2.05) is 32.9 Å². The number of likely N-dealkylation sites (N-methyl/N-ethyl adjacent to an activating group) is 1. The molecule has 3 amide bonds. The van der Waals surface area contributed by atoms with E-state index >= 15 is 0 Å². The zero-order valence-corrected chi connectivity index (χ0v) is 16.3. The van der Waals surface area contributed by atoms with Crippen LogP contribution in [0.1, 0.15) is 44.3 Å². The summed E-state index contributed by atoms with van der Waals surface area (Å²) in [5.41, 5.74) is 4.42. The molecule has 0 aromatic heterocycles. The van der Waals surface area contributed by atoms with Crippen molar-refractivity contribution in [1.82, 2.24) is 4.90 Å². The van der Waals surface area contributed by atoms with E-state index in [1.165, 1.54) is 0 Å². The Kier molecular flexibility index (Phi) is 5.33. The van der Waals surface area contributed by atoms with Crippen LogP contribution in [0.5, 0.6) is 0 Å². The number of imide groups is 1. The summed E-state index contributed by atoms with van der Waals surface area (Å²) in [6.45, 7) is 5.90. The molecule has 5 nitrogen and oxygen atoms in total. The van der Waals surface area contributed by atoms with Crippen LogP contribution in [0, 0.1) is 13.8 Å². The van der Waals surface area contributed by atoms with Crippen molar-refractivity contribution in [2.24, 2.45) is 0 Å². The molecule has 0 saturated heterocycles. The van der Waals surface area contributed by atoms with Crippen LogP contribution in [0.3, 0.4) is 0 Å². The summed E-state index contributed by atoms with van der Waals surface area (Å²) in [6, 6.07) is 10.4. The van der Waals surface area contributed by atoms with E-state index in [4.69, 9.17) is 11.6 Å². The van der Waals surface area contributed by atoms with Gasteiger partial charge in [0.1, 0.15) is 6.54 Å². The number of carbonyl (C=O) groups excluding carboxylic acids is 3. The van der Waals surface area contributed by atoms with Gasteiger partial charge in [0.15, 0.2) is 0 Å². The van der Waals surface area contributed by atoms with Gasteiger partial charge >= 0.3 is 0 Å². The summed E-state index contributed by atoms with van der Waals surface area (Å²) in [5.74, 6) is -0.806. The van der Waals surface area contributed by atoms with Gasteiger partial charge in [-0.15, -0.1) is 11.6 Å². The van der Waals surface area contributed by atoms with Crippen molar-refractivity contribution in [2.45, 2.75) is 26.7 Å². The number of alkyl halides is 1. The Morgan fingerprint density at radius 1 is 1.04 bits per heavy atom. The summed E-state index contributed by atoms with van der Waals surface area (Å²) in [7, 11) is 0. The number of nitrogens with zero attached hydrogens (tertiary/aromatic N) is 2. The number of amides is 3. The first-order valence-corrected chi connectivity index (χ1v) is 9.34. The van der Waals surface area contributed by atoms with Gasteiger partial charge in [-0.05, 0) is 55.7 Å². The lowest BCUT2D eigenvalue weighted by atomic mass is 10.0. The molecule has 0 spiro atoms. The molecule has 2 aromatic carbocycles. The van der Waals surface area contributed by atoms with Crippen LogP contribution in [-0.2, 0) is 10.7 Å². The van der Waals surface area contributed by atoms with Crippen molar-refractivity contribution in [3.63, 3.8) is 0 Å². The molecule has 0 radical (unpaired) electrons. The zero-order chi connectivity index (χ0) is 19.7. The number of aryl methyl sites for hydroxylation is 1. The Balaban J connectivity index is 1.88. The van der Waals surface area contributed by atoms with Gasteiger partial charge in [0.2, 0.25) is 5.91 Å². The van der Waals surface area contributed by atoms with Crippen molar-refractivity contribution in [1.29, 1.82) is 0 Å². The summed E-state index contributed by atoms with van der Waals surface area (Å²) in [6.07, 6.45) is 0. The van der Waals surface area contributed by atoms with E-state index in [1.54, 1.807) is 29.2 Å². The van der Waals surface area contributed by atoms with Crippen molar-refractivity contribution in [3.8, 4) is 0 Å². The summed E-state index contributed by atoms with van der Waals surface area (Å²) < 4.78 is 0. The molecule has 1 heterocycles. The van der Waals surface area contributed by atoms with Gasteiger partial charge in [0.05, 0.1) is 11.1 Å². The average Bonchev–Trinajstić information content (AvgIpc) is 2.90. The van der Waals surface area contributed by atoms with Crippen LogP contribution in [0.4, 0.5) is 5.69 Å². The Morgan fingerprint density at radius 2 is 1.63 bits per heavy atom. The molecule has 0 atom stereocenters. The molecule has 0 bridgehead atoms. The van der Waals surface area contributed by atoms with Gasteiger partial charge in [0.25, 0.3) is 11.8 Å². The van der Waals surface area contributed by atoms with Crippen molar-refractivity contribution in [2.75, 3.05) is 18.0 Å². The fourth-order valence-corrected chi connectivity index (χ4v) is 3.87. The Bertz CT molecular complexity index is 904. The van der Waals surface area contributed by atoms with Crippen molar-refractivity contribution in [3.05, 3.63) is 64.2 Å². The van der Waals surface area contributed by atoms with Crippen LogP contribution < -0.4 is 4.90 Å². The highest BCUT2D eigenvalue weighted by Gasteiger charge is 2.37. The van der Waals surface area contributed by atoms with Gasteiger partial charge in [-0.3, -0.25) is 19.3 Å². The van der Waals surface area contributed by atoms with Crippen molar-refractivity contribution >= 4 is 35.0 Å². The summed E-state index contributed by atoms with van der Waals surface area (Å²) in [4.78, 5) is 40.6. The van der Waals surface area contributed by atoms with Crippen LogP contribution >= 0.6 is 11.6 Å². The van der Waals surface area contributed by atoms with Gasteiger partial charge in [-0.25, -0.2) is 0 Å². The Hall–Kier alpha value is -2.66. The van der Waals surface area contributed by atoms with E-state index in [0.717, 1.165) is 27.3 Å². The maximum Gasteiger partial charge on any atom is 0.262 e. The third-order valence-corrected chi connectivity index (χ3v) is 5.28. The average molecular weight is 385 g/mol. The molecule has 6 heteroatoms. The molecule has 1 aliphatic rings. The van der Waals surface area contributed by atoms with Gasteiger partial charge in [-0.1, -0.05) is 18.2 Å². The number of halogens is 1. The predicted octanol–water partition coefficient (Wildman–Crippen LogP) is 3.69. The highest BCUT2D eigenvalue weighted by molar-refractivity contribution is 6.22. The maximum atomic E-state index is 13.0. The molecular formula is C21H21ClN2O3. The second kappa shape index (κ2) is 7.53. The normalized spacial score (nSPS) is 13.1. The van der Waals surface area contributed by atoms with Crippen LogP contribution in [0.2, 0.25) is 0 Å². The monoisotopic (exact) mass is 384 g/mol. The highest BCUT2D eigenvalue weighted by atomic mass is 35.5. The lowest BCUT2D eigenvalue weighted by molar-refractivity contribution is -0.118. The third kappa shape index (κ3) is 3.23. The van der Waals surface area contributed by atoms with Gasteiger partial charge in [0, 0.05) is 18.1 Å². The molecule has 27 heavy (non-hydrogen) atoms. The van der Waals surface area contributed by atoms with Gasteiger partial charge < -0.3 is 4.90 Å². The highest BCUT2D eigenvalue weighted by Crippen LogP contribution is 2.28. The maximum absolute atomic E-state index is 13.0. The number of anilines is 1. The fourth-order valence-electron chi connectivity index (χ4n) is 3.46. The third-order valence-electron chi connectivity index (χ3n) is 5.02. The summed E-state index contributed by atoms with van der Waals surface area (Å²) in [5, 5.41) is 0. The fraction of sp³-hybridized carbons (Fsp3) is 0.286. The molecule has 0 saturated carbocycles. The number of rotatable bonds is 5. The SMILES string of the molecule is CCN(C(=O)CN1C(=O)c2ccccc2C1=O)c1ccc(C)c(CCl)c1C. The summed E-state index contributed by atoms with van der Waals surface area (Å²) >= 11 is 6.06. The number of hydrogen-bond donors (Lipinski definition) is 0. The molecule has 140 valence electrons. The molecule has 0 N–H and O–H groups in total. The van der Waals surface area contributed by atoms with Crippen LogP contribution in [0.25, 0.3) is 0 Å². The standard InChI is InChI=1S/C21H21ClN2O3/c1-4-23(18-10-9-13(2)17(11-22)14(18)3)19(25)12-24-20(26)15-7-5-6-8-16(15)21(24)27/h5-10H,4,11-12H2,1-3H3.